The zero-order valence-corrected chi connectivity index (χ0v) is 14.0. The Morgan fingerprint density at radius 3 is 2.77 bits per heavy atom. The van der Waals surface area contributed by atoms with E-state index in [1.54, 1.807) is 35.1 Å². The number of carbonyl (C=O) groups is 2. The molecule has 2 rings (SSSR count). The topological polar surface area (TPSA) is 52.6 Å². The Labute approximate surface area is 138 Å². The fourth-order valence-electron chi connectivity index (χ4n) is 2.02. The number of rotatable bonds is 7. The fraction of sp³-hybridized carbons (Fsp3) is 0.375. The Morgan fingerprint density at radius 2 is 2.05 bits per heavy atom. The molecule has 0 N–H and O–H groups in total. The number of carbonyl (C=O) groups excluding carboxylic acids is 2. The molecule has 0 fully saturated rings. The molecule has 0 saturated carbocycles. The molecule has 1 heterocycles. The molecule has 1 aliphatic rings. The van der Waals surface area contributed by atoms with Gasteiger partial charge >= 0.3 is 11.9 Å². The molecule has 0 aliphatic carbocycles. The second kappa shape index (κ2) is 8.90. The number of methoxy groups -OCH3 is 1. The molecule has 0 amide bonds. The van der Waals surface area contributed by atoms with Crippen LogP contribution >= 0.6 is 21.6 Å². The number of para-hydroxylation sites is 1. The lowest BCUT2D eigenvalue weighted by Crippen LogP contribution is -2.12. The second-order valence-electron chi connectivity index (χ2n) is 4.77. The molecule has 118 valence electrons. The summed E-state index contributed by atoms with van der Waals surface area (Å²) in [4.78, 5) is 23.5. The third-order valence-corrected chi connectivity index (χ3v) is 5.59. The lowest BCUT2D eigenvalue weighted by Gasteiger charge is -2.09. The van der Waals surface area contributed by atoms with Crippen LogP contribution < -0.4 is 4.74 Å². The van der Waals surface area contributed by atoms with Gasteiger partial charge in [0.2, 0.25) is 0 Å². The first kappa shape index (κ1) is 17.0. The average molecular weight is 338 g/mol. The van der Waals surface area contributed by atoms with Crippen molar-refractivity contribution in [2.75, 3.05) is 7.11 Å². The molecule has 1 aliphatic heterocycles. The SMILES string of the molecule is COC(=O)c1ccccc1OC(=O)CCCC[C@@H]1C=CSS1. The Balaban J connectivity index is 1.77. The van der Waals surface area contributed by atoms with Crippen molar-refractivity contribution in [3.05, 3.63) is 41.3 Å². The van der Waals surface area contributed by atoms with Gasteiger partial charge in [-0.15, -0.1) is 0 Å². The lowest BCUT2D eigenvalue weighted by atomic mass is 10.1. The van der Waals surface area contributed by atoms with Gasteiger partial charge < -0.3 is 9.47 Å². The maximum absolute atomic E-state index is 11.9. The molecule has 0 radical (unpaired) electrons. The van der Waals surface area contributed by atoms with Crippen LogP contribution in [0.5, 0.6) is 5.75 Å². The first-order valence-corrected chi connectivity index (χ1v) is 9.35. The van der Waals surface area contributed by atoms with Gasteiger partial charge in [-0.1, -0.05) is 46.2 Å². The molecular formula is C16H18O4S2. The largest absolute Gasteiger partial charge is 0.465 e. The van der Waals surface area contributed by atoms with Crippen LogP contribution in [-0.4, -0.2) is 24.3 Å². The highest BCUT2D eigenvalue weighted by Gasteiger charge is 2.15. The summed E-state index contributed by atoms with van der Waals surface area (Å²) in [6, 6.07) is 6.60. The quantitative estimate of drug-likeness (QED) is 0.321. The number of hydrogen-bond donors (Lipinski definition) is 0. The van der Waals surface area contributed by atoms with Crippen molar-refractivity contribution in [2.24, 2.45) is 0 Å². The van der Waals surface area contributed by atoms with Crippen LogP contribution in [0.4, 0.5) is 0 Å². The van der Waals surface area contributed by atoms with Crippen molar-refractivity contribution in [1.82, 2.24) is 0 Å². The molecule has 1 aromatic carbocycles. The fourth-order valence-corrected chi connectivity index (χ4v) is 4.28. The summed E-state index contributed by atoms with van der Waals surface area (Å²) in [5, 5.41) is 2.66. The van der Waals surface area contributed by atoms with Gasteiger partial charge in [-0.2, -0.15) is 0 Å². The Bertz CT molecular complexity index is 557. The van der Waals surface area contributed by atoms with Crippen LogP contribution in [0.15, 0.2) is 35.7 Å². The molecule has 0 aromatic heterocycles. The predicted octanol–water partition coefficient (Wildman–Crippen LogP) is 4.22. The first-order chi connectivity index (χ1) is 10.7. The van der Waals surface area contributed by atoms with E-state index in [1.807, 2.05) is 10.8 Å². The van der Waals surface area contributed by atoms with Crippen LogP contribution in [0.1, 0.15) is 36.0 Å². The number of hydrogen-bond acceptors (Lipinski definition) is 6. The average Bonchev–Trinajstić information content (AvgIpc) is 3.05. The van der Waals surface area contributed by atoms with Gasteiger partial charge in [0.1, 0.15) is 11.3 Å². The third-order valence-electron chi connectivity index (χ3n) is 3.16. The summed E-state index contributed by atoms with van der Waals surface area (Å²) in [5.41, 5.74) is 0.267. The van der Waals surface area contributed by atoms with E-state index in [9.17, 15) is 9.59 Å². The highest BCUT2D eigenvalue weighted by molar-refractivity contribution is 8.78. The second-order valence-corrected chi connectivity index (χ2v) is 7.18. The molecule has 6 heteroatoms. The van der Waals surface area contributed by atoms with Crippen LogP contribution in [0.3, 0.4) is 0 Å². The van der Waals surface area contributed by atoms with Gasteiger partial charge in [0.05, 0.1) is 7.11 Å². The number of ether oxygens (including phenoxy) is 2. The molecule has 0 unspecified atom stereocenters. The molecule has 0 bridgehead atoms. The number of unbranched alkanes of at least 4 members (excludes halogenated alkanes) is 1. The smallest absolute Gasteiger partial charge is 0.341 e. The Kier molecular flexibility index (Phi) is 6.86. The van der Waals surface area contributed by atoms with Crippen molar-refractivity contribution in [3.8, 4) is 5.75 Å². The van der Waals surface area contributed by atoms with Gasteiger partial charge in [0.15, 0.2) is 0 Å². The van der Waals surface area contributed by atoms with Crippen LogP contribution in [-0.2, 0) is 9.53 Å². The van der Waals surface area contributed by atoms with Crippen LogP contribution in [0.25, 0.3) is 0 Å². The van der Waals surface area contributed by atoms with Crippen molar-refractivity contribution >= 4 is 33.5 Å². The van der Waals surface area contributed by atoms with Crippen LogP contribution in [0.2, 0.25) is 0 Å². The standard InChI is InChI=1S/C16H18O4S2/c1-19-16(18)13-7-3-4-8-14(13)20-15(17)9-5-2-6-12-10-11-21-22-12/h3-4,7-8,10-12H,2,5-6,9H2,1H3/t12-/m1/s1. The van der Waals surface area contributed by atoms with Gasteiger partial charge in [-0.3, -0.25) is 4.79 Å². The molecule has 0 saturated heterocycles. The number of esters is 2. The summed E-state index contributed by atoms with van der Waals surface area (Å²) >= 11 is 0. The highest BCUT2D eigenvalue weighted by Crippen LogP contribution is 2.37. The minimum Gasteiger partial charge on any atom is -0.465 e. The van der Waals surface area contributed by atoms with E-state index in [1.165, 1.54) is 7.11 Å². The van der Waals surface area contributed by atoms with Gasteiger partial charge in [0.25, 0.3) is 0 Å². The molecule has 1 atom stereocenters. The van der Waals surface area contributed by atoms with E-state index < -0.39 is 5.97 Å². The van der Waals surface area contributed by atoms with E-state index >= 15 is 0 Å². The summed E-state index contributed by atoms with van der Waals surface area (Å²) in [7, 11) is 4.91. The summed E-state index contributed by atoms with van der Waals surface area (Å²) in [6.07, 6.45) is 5.38. The maximum atomic E-state index is 11.9. The minimum absolute atomic E-state index is 0.255. The van der Waals surface area contributed by atoms with E-state index in [2.05, 4.69) is 16.2 Å². The van der Waals surface area contributed by atoms with Crippen molar-refractivity contribution in [1.29, 1.82) is 0 Å². The van der Waals surface area contributed by atoms with Crippen LogP contribution in [0, 0.1) is 0 Å². The summed E-state index contributed by atoms with van der Waals surface area (Å²) in [5.74, 6) is -0.573. The lowest BCUT2D eigenvalue weighted by molar-refractivity contribution is -0.134. The highest BCUT2D eigenvalue weighted by atomic mass is 33.1. The minimum atomic E-state index is -0.508. The number of benzene rings is 1. The summed E-state index contributed by atoms with van der Waals surface area (Å²) in [6.45, 7) is 0. The predicted molar refractivity (Wildman–Crippen MR) is 90.0 cm³/mol. The van der Waals surface area contributed by atoms with Crippen molar-refractivity contribution in [2.45, 2.75) is 30.9 Å². The molecule has 22 heavy (non-hydrogen) atoms. The van der Waals surface area contributed by atoms with Gasteiger partial charge in [-0.05, 0) is 30.4 Å². The molecule has 1 aromatic rings. The van der Waals surface area contributed by atoms with E-state index in [4.69, 9.17) is 4.74 Å². The zero-order chi connectivity index (χ0) is 15.8. The maximum Gasteiger partial charge on any atom is 0.341 e. The van der Waals surface area contributed by atoms with Crippen molar-refractivity contribution in [3.63, 3.8) is 0 Å². The molecule has 0 spiro atoms. The molecule has 4 nitrogen and oxygen atoms in total. The molecular weight excluding hydrogens is 320 g/mol. The van der Waals surface area contributed by atoms with Crippen molar-refractivity contribution < 1.29 is 19.1 Å². The van der Waals surface area contributed by atoms with Gasteiger partial charge in [-0.25, -0.2) is 4.79 Å². The van der Waals surface area contributed by atoms with E-state index in [-0.39, 0.29) is 17.3 Å². The van der Waals surface area contributed by atoms with Gasteiger partial charge in [0, 0.05) is 11.7 Å². The first-order valence-electron chi connectivity index (χ1n) is 7.07. The Hall–Kier alpha value is -1.40. The normalized spacial score (nSPS) is 16.5. The van der Waals surface area contributed by atoms with E-state index in [0.717, 1.165) is 19.3 Å². The third kappa shape index (κ3) is 5.10. The monoisotopic (exact) mass is 338 g/mol. The zero-order valence-electron chi connectivity index (χ0n) is 12.3. The Morgan fingerprint density at radius 1 is 1.23 bits per heavy atom. The van der Waals surface area contributed by atoms with E-state index in [0.29, 0.717) is 11.7 Å². The summed E-state index contributed by atoms with van der Waals surface area (Å²) < 4.78 is 9.95.